The van der Waals surface area contributed by atoms with Gasteiger partial charge >= 0.3 is 0 Å². The second-order valence-electron chi connectivity index (χ2n) is 4.78. The quantitative estimate of drug-likeness (QED) is 0.801. The number of aromatic nitrogens is 1. The number of hydrogen-bond acceptors (Lipinski definition) is 5. The van der Waals surface area contributed by atoms with Crippen LogP contribution in [0.15, 0.2) is 62.7 Å². The summed E-state index contributed by atoms with van der Waals surface area (Å²) in [7, 11) is -3.89. The summed E-state index contributed by atoms with van der Waals surface area (Å²) in [4.78, 5) is 12.3. The molecule has 0 amide bonds. The van der Waals surface area contributed by atoms with Crippen LogP contribution in [0, 0.1) is 6.92 Å². The number of nitrogens with one attached hydrogen (secondary N) is 1. The highest BCUT2D eigenvalue weighted by Crippen LogP contribution is 2.15. The summed E-state index contributed by atoms with van der Waals surface area (Å²) in [6.07, 6.45) is 0. The molecule has 112 valence electrons. The summed E-state index contributed by atoms with van der Waals surface area (Å²) < 4.78 is 31.8. The Labute approximate surface area is 126 Å². The lowest BCUT2D eigenvalue weighted by Crippen LogP contribution is -2.20. The van der Waals surface area contributed by atoms with Gasteiger partial charge in [0.2, 0.25) is 11.2 Å². The summed E-state index contributed by atoms with van der Waals surface area (Å²) in [5.74, 6) is -0.362. The second kappa shape index (κ2) is 5.27. The molecule has 1 N–H and O–H groups in total. The van der Waals surface area contributed by atoms with Crippen LogP contribution < -0.4 is 10.2 Å². The molecule has 7 heteroatoms. The Morgan fingerprint density at radius 2 is 1.73 bits per heavy atom. The average molecular weight is 316 g/mol. The zero-order valence-corrected chi connectivity index (χ0v) is 12.4. The number of benzene rings is 2. The lowest BCUT2D eigenvalue weighted by Gasteiger charge is -2.06. The van der Waals surface area contributed by atoms with Crippen LogP contribution in [0.3, 0.4) is 0 Å². The van der Waals surface area contributed by atoms with Crippen molar-refractivity contribution in [3.8, 4) is 0 Å². The van der Waals surface area contributed by atoms with Crippen LogP contribution in [0.2, 0.25) is 0 Å². The van der Waals surface area contributed by atoms with Crippen LogP contribution in [0.1, 0.15) is 5.56 Å². The van der Waals surface area contributed by atoms with Gasteiger partial charge in [0.1, 0.15) is 0 Å². The van der Waals surface area contributed by atoms with E-state index in [9.17, 15) is 13.2 Å². The van der Waals surface area contributed by atoms with Crippen molar-refractivity contribution in [2.24, 2.45) is 0 Å². The second-order valence-corrected chi connectivity index (χ2v) is 6.46. The monoisotopic (exact) mass is 316 g/mol. The SMILES string of the molecule is Cc1ccc(S(=O)(=O)Nc2noc3ccccc3c2=O)cc1. The summed E-state index contributed by atoms with van der Waals surface area (Å²) in [6, 6.07) is 12.8. The molecule has 3 aromatic rings. The Bertz CT molecular complexity index is 992. The predicted octanol–water partition coefficient (Wildman–Crippen LogP) is 2.30. The topological polar surface area (TPSA) is 89.3 Å². The number of nitrogens with zero attached hydrogens (tertiary/aromatic N) is 1. The maximum atomic E-state index is 12.3. The number of sulfonamides is 1. The Morgan fingerprint density at radius 3 is 2.45 bits per heavy atom. The fraction of sp³-hybridized carbons (Fsp3) is 0.0667. The molecule has 3 rings (SSSR count). The molecule has 0 fully saturated rings. The first-order chi connectivity index (χ1) is 10.5. The Hall–Kier alpha value is -2.67. The van der Waals surface area contributed by atoms with Crippen molar-refractivity contribution in [1.82, 2.24) is 5.16 Å². The number of para-hydroxylation sites is 1. The molecule has 6 nitrogen and oxygen atoms in total. The van der Waals surface area contributed by atoms with Crippen molar-refractivity contribution in [3.63, 3.8) is 0 Å². The van der Waals surface area contributed by atoms with E-state index in [2.05, 4.69) is 9.88 Å². The first-order valence-electron chi connectivity index (χ1n) is 6.45. The summed E-state index contributed by atoms with van der Waals surface area (Å²) in [5, 5.41) is 3.82. The van der Waals surface area contributed by atoms with E-state index in [1.54, 1.807) is 36.4 Å². The summed E-state index contributed by atoms with van der Waals surface area (Å²) >= 11 is 0. The average Bonchev–Trinajstić information content (AvgIpc) is 2.51. The standard InChI is InChI=1S/C15H12N2O4S/c1-10-6-8-11(9-7-10)22(19,20)17-15-14(18)12-4-2-3-5-13(12)21-16-15/h2-9H,1H3,(H,16,17). The van der Waals surface area contributed by atoms with Crippen LogP contribution in [0.4, 0.5) is 5.82 Å². The third kappa shape index (κ3) is 2.58. The molecule has 0 bridgehead atoms. The van der Waals surface area contributed by atoms with E-state index in [-0.39, 0.29) is 16.1 Å². The van der Waals surface area contributed by atoms with E-state index in [0.717, 1.165) is 5.56 Å². The highest BCUT2D eigenvalue weighted by molar-refractivity contribution is 7.92. The largest absolute Gasteiger partial charge is 0.354 e. The maximum Gasteiger partial charge on any atom is 0.263 e. The summed E-state index contributed by atoms with van der Waals surface area (Å²) in [5.41, 5.74) is 0.700. The molecule has 0 saturated carbocycles. The lowest BCUT2D eigenvalue weighted by molar-refractivity contribution is 0.446. The molecule has 2 aromatic carbocycles. The number of rotatable bonds is 3. The number of aryl methyl sites for hydroxylation is 1. The zero-order valence-electron chi connectivity index (χ0n) is 11.6. The van der Waals surface area contributed by atoms with Crippen molar-refractivity contribution >= 4 is 26.8 Å². The van der Waals surface area contributed by atoms with Gasteiger partial charge in [-0.05, 0) is 31.2 Å². The van der Waals surface area contributed by atoms with E-state index < -0.39 is 15.5 Å². The van der Waals surface area contributed by atoms with E-state index in [1.165, 1.54) is 12.1 Å². The van der Waals surface area contributed by atoms with Gasteiger partial charge in [-0.15, -0.1) is 0 Å². The van der Waals surface area contributed by atoms with Gasteiger partial charge in [-0.25, -0.2) is 8.42 Å². The van der Waals surface area contributed by atoms with Crippen LogP contribution in [-0.4, -0.2) is 13.6 Å². The van der Waals surface area contributed by atoms with Gasteiger partial charge in [-0.1, -0.05) is 35.0 Å². The predicted molar refractivity (Wildman–Crippen MR) is 82.3 cm³/mol. The van der Waals surface area contributed by atoms with E-state index in [0.29, 0.717) is 5.58 Å². The molecular weight excluding hydrogens is 304 g/mol. The minimum atomic E-state index is -3.89. The molecule has 22 heavy (non-hydrogen) atoms. The van der Waals surface area contributed by atoms with Crippen molar-refractivity contribution in [2.45, 2.75) is 11.8 Å². The fourth-order valence-electron chi connectivity index (χ4n) is 1.97. The van der Waals surface area contributed by atoms with Crippen LogP contribution in [0.25, 0.3) is 11.0 Å². The number of hydrogen-bond donors (Lipinski definition) is 1. The van der Waals surface area contributed by atoms with E-state index in [1.807, 2.05) is 6.92 Å². The van der Waals surface area contributed by atoms with E-state index >= 15 is 0 Å². The molecule has 0 aliphatic heterocycles. The normalized spacial score (nSPS) is 11.5. The van der Waals surface area contributed by atoms with Gasteiger partial charge in [0.25, 0.3) is 10.0 Å². The molecular formula is C15H12N2O4S. The highest BCUT2D eigenvalue weighted by atomic mass is 32.2. The van der Waals surface area contributed by atoms with E-state index in [4.69, 9.17) is 4.52 Å². The Morgan fingerprint density at radius 1 is 1.05 bits per heavy atom. The molecule has 0 aliphatic carbocycles. The molecule has 0 aliphatic rings. The molecule has 0 radical (unpaired) electrons. The zero-order chi connectivity index (χ0) is 15.7. The Balaban J connectivity index is 2.04. The molecule has 0 atom stereocenters. The minimum Gasteiger partial charge on any atom is -0.354 e. The fourth-order valence-corrected chi connectivity index (χ4v) is 2.96. The van der Waals surface area contributed by atoms with Crippen molar-refractivity contribution in [3.05, 3.63) is 64.3 Å². The lowest BCUT2D eigenvalue weighted by atomic mass is 10.2. The maximum absolute atomic E-state index is 12.3. The van der Waals surface area contributed by atoms with Gasteiger partial charge in [0.15, 0.2) is 5.58 Å². The number of anilines is 1. The third-order valence-corrected chi connectivity index (χ3v) is 4.50. The van der Waals surface area contributed by atoms with Gasteiger partial charge < -0.3 is 4.52 Å². The van der Waals surface area contributed by atoms with Crippen LogP contribution >= 0.6 is 0 Å². The van der Waals surface area contributed by atoms with Gasteiger partial charge in [0.05, 0.1) is 10.3 Å². The smallest absolute Gasteiger partial charge is 0.263 e. The molecule has 1 aromatic heterocycles. The molecule has 0 spiro atoms. The van der Waals surface area contributed by atoms with Gasteiger partial charge in [0, 0.05) is 0 Å². The van der Waals surface area contributed by atoms with Crippen molar-refractivity contribution in [1.29, 1.82) is 0 Å². The molecule has 0 unspecified atom stereocenters. The van der Waals surface area contributed by atoms with Gasteiger partial charge in [-0.3, -0.25) is 9.52 Å². The van der Waals surface area contributed by atoms with Crippen molar-refractivity contribution in [2.75, 3.05) is 4.72 Å². The first-order valence-corrected chi connectivity index (χ1v) is 7.94. The van der Waals surface area contributed by atoms with Crippen LogP contribution in [0.5, 0.6) is 0 Å². The minimum absolute atomic E-state index is 0.0486. The summed E-state index contributed by atoms with van der Waals surface area (Å²) in [6.45, 7) is 1.85. The first kappa shape index (κ1) is 14.3. The highest BCUT2D eigenvalue weighted by Gasteiger charge is 2.18. The van der Waals surface area contributed by atoms with Crippen LogP contribution in [-0.2, 0) is 10.0 Å². The van der Waals surface area contributed by atoms with Crippen molar-refractivity contribution < 1.29 is 12.9 Å². The van der Waals surface area contributed by atoms with Gasteiger partial charge in [-0.2, -0.15) is 0 Å². The molecule has 0 saturated heterocycles. The Kier molecular flexibility index (Phi) is 3.42. The molecule has 1 heterocycles. The third-order valence-electron chi connectivity index (χ3n) is 3.14. The number of fused-ring (bicyclic) bond motifs is 1.